The van der Waals surface area contributed by atoms with Crippen LogP contribution < -0.4 is 5.73 Å². The Balaban J connectivity index is 4.21. The van der Waals surface area contributed by atoms with Gasteiger partial charge in [0.1, 0.15) is 0 Å². The molecule has 2 N–H and O–H groups in total. The zero-order valence-corrected chi connectivity index (χ0v) is 9.65. The van der Waals surface area contributed by atoms with Gasteiger partial charge in [-0.15, -0.1) is 0 Å². The molecule has 0 bridgehead atoms. The van der Waals surface area contributed by atoms with E-state index < -0.39 is 8.80 Å². The van der Waals surface area contributed by atoms with Crippen molar-refractivity contribution >= 4 is 8.80 Å². The Hall–Kier alpha value is -0.0631. The lowest BCUT2D eigenvalue weighted by Gasteiger charge is -2.23. The van der Waals surface area contributed by atoms with Crippen LogP contribution in [0.25, 0.3) is 0 Å². The van der Waals surface area contributed by atoms with Gasteiger partial charge in [-0.05, 0) is 13.0 Å². The smallest absolute Gasteiger partial charge is 0.330 e. The van der Waals surface area contributed by atoms with Gasteiger partial charge < -0.3 is 5.73 Å². The van der Waals surface area contributed by atoms with Crippen molar-refractivity contribution < 1.29 is 28.4 Å². The van der Waals surface area contributed by atoms with Crippen LogP contribution in [-0.4, -0.2) is 36.7 Å². The maximum atomic E-state index is 5.36. The molecule has 0 aliphatic heterocycles. The molecule has 0 aromatic heterocycles. The van der Waals surface area contributed by atoms with Crippen LogP contribution in [0.5, 0.6) is 0 Å². The van der Waals surface area contributed by atoms with Crippen LogP contribution in [0.4, 0.5) is 0 Å². The molecule has 0 rings (SSSR count). The van der Waals surface area contributed by atoms with Crippen LogP contribution in [0.2, 0.25) is 6.04 Å². The second-order valence-corrected chi connectivity index (χ2v) is 4.69. The summed E-state index contributed by atoms with van der Waals surface area (Å²) in [6.07, 6.45) is 0.655. The van der Waals surface area contributed by atoms with E-state index in [2.05, 4.69) is 14.7 Å². The molecule has 8 heteroatoms. The summed E-state index contributed by atoms with van der Waals surface area (Å²) in [5, 5.41) is 0. The van der Waals surface area contributed by atoms with Crippen LogP contribution in [0, 0.1) is 0 Å². The Bertz CT molecular complexity index is 120. The van der Waals surface area contributed by atoms with E-state index in [1.54, 1.807) is 0 Å². The molecule has 0 spiro atoms. The molecule has 0 aliphatic carbocycles. The highest BCUT2D eigenvalue weighted by molar-refractivity contribution is 6.59. The van der Waals surface area contributed by atoms with Gasteiger partial charge in [-0.3, -0.25) is 0 Å². The molecule has 0 amide bonds. The predicted molar refractivity (Wildman–Crippen MR) is 48.5 cm³/mol. The number of hydrogen-bond acceptors (Lipinski definition) is 7. The monoisotopic (exact) mass is 227 g/mol. The molecule has 0 atom stereocenters. The van der Waals surface area contributed by atoms with Gasteiger partial charge in [-0.25, -0.2) is 28.4 Å². The van der Waals surface area contributed by atoms with Crippen LogP contribution >= 0.6 is 0 Å². The molecule has 0 unspecified atom stereocenters. The zero-order chi connectivity index (χ0) is 10.9. The van der Waals surface area contributed by atoms with Crippen molar-refractivity contribution in [1.29, 1.82) is 0 Å². The van der Waals surface area contributed by atoms with E-state index >= 15 is 0 Å². The molecule has 14 heavy (non-hydrogen) atoms. The fourth-order valence-electron chi connectivity index (χ4n) is 0.866. The van der Waals surface area contributed by atoms with E-state index in [1.807, 2.05) is 0 Å². The molecule has 0 fully saturated rings. The van der Waals surface area contributed by atoms with Gasteiger partial charge >= 0.3 is 8.80 Å². The van der Waals surface area contributed by atoms with Crippen LogP contribution in [0.15, 0.2) is 0 Å². The molecule has 86 valence electrons. The van der Waals surface area contributed by atoms with Gasteiger partial charge in [0.2, 0.25) is 0 Å². The fraction of sp³-hybridized carbons (Fsp3) is 1.00. The molecule has 0 aromatic rings. The number of hydrogen-bond donors (Lipinski definition) is 1. The summed E-state index contributed by atoms with van der Waals surface area (Å²) in [5.41, 5.74) is 5.36. The summed E-state index contributed by atoms with van der Waals surface area (Å²) in [6.45, 7) is 0.488. The minimum absolute atomic E-state index is 0.443. The lowest BCUT2D eigenvalue weighted by Crippen LogP contribution is -2.45. The Morgan fingerprint density at radius 1 is 0.929 bits per heavy atom. The lowest BCUT2D eigenvalue weighted by atomic mass is 10.5. The van der Waals surface area contributed by atoms with Gasteiger partial charge in [0.25, 0.3) is 0 Å². The molecule has 7 nitrogen and oxygen atoms in total. The molecule has 0 radical (unpaired) electrons. The lowest BCUT2D eigenvalue weighted by molar-refractivity contribution is -0.343. The Labute approximate surface area is 84.1 Å². The van der Waals surface area contributed by atoms with E-state index in [0.717, 1.165) is 0 Å². The fourth-order valence-corrected chi connectivity index (χ4v) is 2.60. The Morgan fingerprint density at radius 3 is 1.64 bits per heavy atom. The first-order valence-electron chi connectivity index (χ1n) is 4.10. The van der Waals surface area contributed by atoms with E-state index in [-0.39, 0.29) is 0 Å². The minimum Gasteiger partial charge on any atom is -0.330 e. The third kappa shape index (κ3) is 4.98. The quantitative estimate of drug-likeness (QED) is 0.337. The van der Waals surface area contributed by atoms with Crippen LogP contribution in [0.3, 0.4) is 0 Å². The minimum atomic E-state index is -3.06. The molecular weight excluding hydrogens is 210 g/mol. The second-order valence-electron chi connectivity index (χ2n) is 2.33. The van der Waals surface area contributed by atoms with E-state index in [0.29, 0.717) is 19.0 Å². The largest absolute Gasteiger partial charge is 0.584 e. The maximum Gasteiger partial charge on any atom is 0.584 e. The van der Waals surface area contributed by atoms with Crippen molar-refractivity contribution in [3.63, 3.8) is 0 Å². The molecule has 0 heterocycles. The van der Waals surface area contributed by atoms with Gasteiger partial charge in [0.05, 0.1) is 21.3 Å². The first-order valence-corrected chi connectivity index (χ1v) is 6.03. The maximum absolute atomic E-state index is 5.36. The Morgan fingerprint density at radius 2 is 1.36 bits per heavy atom. The number of nitrogens with two attached hydrogens (primary N) is 1. The highest BCUT2D eigenvalue weighted by Gasteiger charge is 2.45. The number of rotatable bonds is 9. The highest BCUT2D eigenvalue weighted by atomic mass is 28.4. The molecule has 0 saturated carbocycles. The summed E-state index contributed by atoms with van der Waals surface area (Å²) in [6, 6.07) is 0.443. The van der Waals surface area contributed by atoms with Crippen molar-refractivity contribution in [1.82, 2.24) is 0 Å². The normalized spacial score (nSPS) is 12.0. The summed E-state index contributed by atoms with van der Waals surface area (Å²) >= 11 is 0. The topological polar surface area (TPSA) is 81.4 Å². The molecular formula is C6H17NO6Si. The first kappa shape index (κ1) is 13.9. The van der Waals surface area contributed by atoms with Crippen molar-refractivity contribution in [3.05, 3.63) is 0 Å². The van der Waals surface area contributed by atoms with Crippen molar-refractivity contribution in [2.24, 2.45) is 5.73 Å². The second kappa shape index (κ2) is 8.26. The first-order chi connectivity index (χ1) is 6.74. The van der Waals surface area contributed by atoms with Crippen LogP contribution in [-0.2, 0) is 28.4 Å². The van der Waals surface area contributed by atoms with Crippen molar-refractivity contribution in [2.75, 3.05) is 27.9 Å². The summed E-state index contributed by atoms with van der Waals surface area (Å²) in [5.74, 6) is 0. The highest BCUT2D eigenvalue weighted by Crippen LogP contribution is 2.17. The average molecular weight is 227 g/mol. The SMILES string of the molecule is COO[Si](CCCN)(OOC)OOC. The van der Waals surface area contributed by atoms with Crippen LogP contribution in [0.1, 0.15) is 6.42 Å². The standard InChI is InChI=1S/C6H17NO6Si/c1-8-11-14(12-9-2,13-10-3)6-4-5-7/h4-7H2,1-3H3. The predicted octanol–water partition coefficient (Wildman–Crippen LogP) is 0.00810. The average Bonchev–Trinajstić information content (AvgIpc) is 2.16. The Kier molecular flexibility index (Phi) is 8.22. The summed E-state index contributed by atoms with van der Waals surface area (Å²) < 4.78 is 14.7. The van der Waals surface area contributed by atoms with Gasteiger partial charge in [-0.1, -0.05) is 0 Å². The van der Waals surface area contributed by atoms with Gasteiger partial charge in [-0.2, -0.15) is 0 Å². The van der Waals surface area contributed by atoms with Crippen molar-refractivity contribution in [2.45, 2.75) is 12.5 Å². The summed E-state index contributed by atoms with van der Waals surface area (Å²) in [7, 11) is 0.985. The summed E-state index contributed by atoms with van der Waals surface area (Å²) in [4.78, 5) is 13.6. The third-order valence-electron chi connectivity index (χ3n) is 1.32. The molecule has 0 aliphatic rings. The zero-order valence-electron chi connectivity index (χ0n) is 8.65. The van der Waals surface area contributed by atoms with Gasteiger partial charge in [0.15, 0.2) is 0 Å². The van der Waals surface area contributed by atoms with E-state index in [9.17, 15) is 0 Å². The van der Waals surface area contributed by atoms with Crippen molar-refractivity contribution in [3.8, 4) is 0 Å². The third-order valence-corrected chi connectivity index (χ3v) is 3.55. The van der Waals surface area contributed by atoms with Gasteiger partial charge in [0, 0.05) is 6.04 Å². The van der Waals surface area contributed by atoms with E-state index in [1.165, 1.54) is 21.3 Å². The molecule has 0 aromatic carbocycles. The molecule has 0 saturated heterocycles. The van der Waals surface area contributed by atoms with E-state index in [4.69, 9.17) is 19.5 Å².